The van der Waals surface area contributed by atoms with Gasteiger partial charge in [-0.05, 0) is 17.7 Å². The molecule has 0 amide bonds. The van der Waals surface area contributed by atoms with Crippen molar-refractivity contribution in [1.82, 2.24) is 20.3 Å². The Labute approximate surface area is 130 Å². The van der Waals surface area contributed by atoms with Gasteiger partial charge in [-0.1, -0.05) is 53.7 Å². The number of hydrogen-bond acceptors (Lipinski definition) is 4. The van der Waals surface area contributed by atoms with Crippen molar-refractivity contribution >= 4 is 23.1 Å². The number of rotatable bonds is 3. The van der Waals surface area contributed by atoms with Gasteiger partial charge in [-0.25, -0.2) is 4.79 Å². The molecule has 2 aromatic carbocycles. The van der Waals surface area contributed by atoms with E-state index in [0.29, 0.717) is 5.82 Å². The van der Waals surface area contributed by atoms with Crippen molar-refractivity contribution < 1.29 is 4.52 Å². The molecule has 0 aliphatic carbocycles. The van der Waals surface area contributed by atoms with E-state index >= 15 is 0 Å². The van der Waals surface area contributed by atoms with Gasteiger partial charge in [0.25, 0.3) is 0 Å². The van der Waals surface area contributed by atoms with E-state index in [9.17, 15) is 4.79 Å². The normalized spacial score (nSPS) is 11.5. The van der Waals surface area contributed by atoms with Crippen LogP contribution in [0.25, 0.3) is 34.4 Å². The van der Waals surface area contributed by atoms with Crippen molar-refractivity contribution in [3.63, 3.8) is 0 Å². The molecule has 2 N–H and O–H groups in total. The van der Waals surface area contributed by atoms with Gasteiger partial charge in [0.2, 0.25) is 0 Å². The first-order valence-corrected chi connectivity index (χ1v) is 7.08. The third-order valence-electron chi connectivity index (χ3n) is 3.58. The highest BCUT2D eigenvalue weighted by Crippen LogP contribution is 2.23. The number of nitrogens with one attached hydrogen (secondary N) is 2. The smallest absolute Gasteiger partial charge is 0.296 e. The van der Waals surface area contributed by atoms with Crippen LogP contribution in [0, 0.1) is 0 Å². The molecule has 112 valence electrons. The number of aromatic amines is 2. The van der Waals surface area contributed by atoms with Crippen molar-refractivity contribution in [3.8, 4) is 11.4 Å². The Hall–Kier alpha value is -3.41. The third-order valence-corrected chi connectivity index (χ3v) is 3.58. The van der Waals surface area contributed by atoms with Gasteiger partial charge in [0.15, 0.2) is 5.82 Å². The summed E-state index contributed by atoms with van der Waals surface area (Å²) < 4.78 is 4.58. The molecule has 0 saturated carbocycles. The number of para-hydroxylation sites is 1. The van der Waals surface area contributed by atoms with E-state index in [1.165, 1.54) is 0 Å². The highest BCUT2D eigenvalue weighted by atomic mass is 16.5. The summed E-state index contributed by atoms with van der Waals surface area (Å²) >= 11 is 0. The lowest BCUT2D eigenvalue weighted by atomic mass is 10.1. The first-order valence-electron chi connectivity index (χ1n) is 7.08. The molecule has 0 saturated heterocycles. The molecule has 2 aromatic heterocycles. The number of aromatic nitrogens is 4. The first kappa shape index (κ1) is 13.3. The summed E-state index contributed by atoms with van der Waals surface area (Å²) in [6.07, 6.45) is 3.86. The zero-order valence-electron chi connectivity index (χ0n) is 12.0. The monoisotopic (exact) mass is 304 g/mol. The highest BCUT2D eigenvalue weighted by Gasteiger charge is 2.08. The maximum Gasteiger partial charge on any atom is 0.439 e. The van der Waals surface area contributed by atoms with Gasteiger partial charge in [0.05, 0.1) is 11.2 Å². The molecule has 2 heterocycles. The second kappa shape index (κ2) is 5.42. The van der Waals surface area contributed by atoms with Crippen molar-refractivity contribution in [3.05, 3.63) is 70.3 Å². The zero-order chi connectivity index (χ0) is 15.6. The van der Waals surface area contributed by atoms with Gasteiger partial charge in [-0.2, -0.15) is 5.10 Å². The lowest BCUT2D eigenvalue weighted by Crippen LogP contribution is -1.95. The van der Waals surface area contributed by atoms with Gasteiger partial charge in [0, 0.05) is 10.9 Å². The van der Waals surface area contributed by atoms with Crippen LogP contribution in [0.3, 0.4) is 0 Å². The van der Waals surface area contributed by atoms with Crippen molar-refractivity contribution in [2.45, 2.75) is 0 Å². The van der Waals surface area contributed by atoms with Gasteiger partial charge < -0.3 is 0 Å². The standard InChI is InChI=1S/C17H12N4O2/c22-17-18-16(21-23-17)12-6-2-1-5-11(12)9-10-15-13-7-3-4-8-14(13)19-20-15/h1-10H,(H,19,20)(H,18,21,22). The Morgan fingerprint density at radius 3 is 2.70 bits per heavy atom. The fourth-order valence-electron chi connectivity index (χ4n) is 2.48. The summed E-state index contributed by atoms with van der Waals surface area (Å²) in [5.74, 6) is -0.167. The van der Waals surface area contributed by atoms with Crippen molar-refractivity contribution in [2.75, 3.05) is 0 Å². The van der Waals surface area contributed by atoms with Crippen LogP contribution in [0.15, 0.2) is 57.8 Å². The molecule has 0 spiro atoms. The van der Waals surface area contributed by atoms with Crippen molar-refractivity contribution in [2.24, 2.45) is 0 Å². The minimum atomic E-state index is -0.572. The molecule has 0 atom stereocenters. The molecule has 0 aliphatic heterocycles. The molecule has 0 radical (unpaired) electrons. The predicted octanol–water partition coefficient (Wildman–Crippen LogP) is 3.08. The van der Waals surface area contributed by atoms with Crippen molar-refractivity contribution in [1.29, 1.82) is 0 Å². The molecule has 4 aromatic rings. The van der Waals surface area contributed by atoms with Gasteiger partial charge >= 0.3 is 5.76 Å². The number of nitrogens with zero attached hydrogens (tertiary/aromatic N) is 2. The number of fused-ring (bicyclic) bond motifs is 1. The zero-order valence-corrected chi connectivity index (χ0v) is 12.0. The van der Waals surface area contributed by atoms with Crippen LogP contribution in [0.2, 0.25) is 0 Å². The van der Waals surface area contributed by atoms with Crippen LogP contribution in [0.4, 0.5) is 0 Å². The molecule has 6 heteroatoms. The van der Waals surface area contributed by atoms with E-state index in [1.54, 1.807) is 0 Å². The molecule has 0 bridgehead atoms. The Morgan fingerprint density at radius 1 is 1.00 bits per heavy atom. The maximum absolute atomic E-state index is 11.1. The second-order valence-electron chi connectivity index (χ2n) is 5.02. The second-order valence-corrected chi connectivity index (χ2v) is 5.02. The summed E-state index contributed by atoms with van der Waals surface area (Å²) in [6, 6.07) is 15.5. The lowest BCUT2D eigenvalue weighted by molar-refractivity contribution is 0.388. The van der Waals surface area contributed by atoms with Gasteiger partial charge in [0.1, 0.15) is 0 Å². The van der Waals surface area contributed by atoms with E-state index in [2.05, 4.69) is 24.9 Å². The van der Waals surface area contributed by atoms with Crippen LogP contribution >= 0.6 is 0 Å². The quantitative estimate of drug-likeness (QED) is 0.609. The molecule has 6 nitrogen and oxygen atoms in total. The van der Waals surface area contributed by atoms with E-state index in [1.807, 2.05) is 60.7 Å². The first-order chi connectivity index (χ1) is 11.3. The van der Waals surface area contributed by atoms with Gasteiger partial charge in [-0.3, -0.25) is 14.6 Å². The SMILES string of the molecule is O=c1[nH]c(-c2ccccc2C=Cc2n[nH]c3ccccc23)no1. The van der Waals surface area contributed by atoms with E-state index in [-0.39, 0.29) is 0 Å². The van der Waals surface area contributed by atoms with Crippen LogP contribution < -0.4 is 5.76 Å². The molecule has 0 unspecified atom stereocenters. The summed E-state index contributed by atoms with van der Waals surface area (Å²) in [5.41, 5.74) is 3.53. The fraction of sp³-hybridized carbons (Fsp3) is 0. The minimum Gasteiger partial charge on any atom is -0.296 e. The predicted molar refractivity (Wildman–Crippen MR) is 87.6 cm³/mol. The minimum absolute atomic E-state index is 0.405. The Kier molecular flexibility index (Phi) is 3.12. The van der Waals surface area contributed by atoms with E-state index in [4.69, 9.17) is 0 Å². The molecule has 0 fully saturated rings. The largest absolute Gasteiger partial charge is 0.439 e. The summed E-state index contributed by atoms with van der Waals surface area (Å²) in [5, 5.41) is 12.1. The fourth-order valence-corrected chi connectivity index (χ4v) is 2.48. The van der Waals surface area contributed by atoms with Crippen LogP contribution in [-0.4, -0.2) is 20.3 Å². The molecule has 23 heavy (non-hydrogen) atoms. The van der Waals surface area contributed by atoms with Crippen LogP contribution in [0.1, 0.15) is 11.3 Å². The summed E-state index contributed by atoms with van der Waals surface area (Å²) in [6.45, 7) is 0. The third kappa shape index (κ3) is 2.46. The number of H-pyrrole nitrogens is 2. The molecule has 4 rings (SSSR count). The Morgan fingerprint density at radius 2 is 1.83 bits per heavy atom. The van der Waals surface area contributed by atoms with Gasteiger partial charge in [-0.15, -0.1) is 0 Å². The molecule has 0 aliphatic rings. The average Bonchev–Trinajstić information content (AvgIpc) is 3.19. The van der Waals surface area contributed by atoms with E-state index < -0.39 is 5.76 Å². The highest BCUT2D eigenvalue weighted by molar-refractivity contribution is 5.90. The number of benzene rings is 2. The van der Waals surface area contributed by atoms with Crippen LogP contribution in [0.5, 0.6) is 0 Å². The molecular formula is C17H12N4O2. The summed E-state index contributed by atoms with van der Waals surface area (Å²) in [4.78, 5) is 13.7. The maximum atomic E-state index is 11.1. The summed E-state index contributed by atoms with van der Waals surface area (Å²) in [7, 11) is 0. The number of hydrogen-bond donors (Lipinski definition) is 2. The van der Waals surface area contributed by atoms with Crippen LogP contribution in [-0.2, 0) is 0 Å². The Bertz CT molecular complexity index is 1060. The molecular weight excluding hydrogens is 292 g/mol. The average molecular weight is 304 g/mol. The topological polar surface area (TPSA) is 87.6 Å². The van der Waals surface area contributed by atoms with E-state index in [0.717, 1.165) is 27.7 Å². The Balaban J connectivity index is 1.76. The lowest BCUT2D eigenvalue weighted by Gasteiger charge is -2.00.